The number of hydrogen-bond donors (Lipinski definition) is 0. The summed E-state index contributed by atoms with van der Waals surface area (Å²) >= 11 is 0. The molecule has 2 fully saturated rings. The van der Waals surface area contributed by atoms with Gasteiger partial charge in [-0.15, -0.1) is 0 Å². The summed E-state index contributed by atoms with van der Waals surface area (Å²) in [6.45, 7) is 5.61. The Hall–Kier alpha value is -1.99. The molecule has 0 unspecified atom stereocenters. The van der Waals surface area contributed by atoms with E-state index in [1.807, 2.05) is 19.4 Å². The molecule has 2 aromatic heterocycles. The lowest BCUT2D eigenvalue weighted by molar-refractivity contribution is 0.00965. The van der Waals surface area contributed by atoms with Crippen LogP contribution in [0.25, 0.3) is 0 Å². The zero-order valence-electron chi connectivity index (χ0n) is 15.3. The van der Waals surface area contributed by atoms with Crippen molar-refractivity contribution in [1.82, 2.24) is 19.4 Å². The number of aryl methyl sites for hydroxylation is 1. The molecule has 6 nitrogen and oxygen atoms in total. The van der Waals surface area contributed by atoms with E-state index < -0.39 is 0 Å². The molecule has 0 amide bonds. The molecule has 0 N–H and O–H groups in total. The number of imidazole rings is 1. The first kappa shape index (κ1) is 17.4. The minimum atomic E-state index is -0.259. The van der Waals surface area contributed by atoms with E-state index >= 15 is 0 Å². The third-order valence-electron chi connectivity index (χ3n) is 5.51. The van der Waals surface area contributed by atoms with Crippen LogP contribution in [0.4, 0.5) is 10.2 Å². The summed E-state index contributed by atoms with van der Waals surface area (Å²) in [5.41, 5.74) is 0.00384. The Morgan fingerprint density at radius 1 is 1.23 bits per heavy atom. The normalized spacial score (nSPS) is 24.8. The molecule has 4 rings (SSSR count). The highest BCUT2D eigenvalue weighted by Crippen LogP contribution is 2.35. The van der Waals surface area contributed by atoms with Crippen molar-refractivity contribution >= 4 is 5.82 Å². The minimum Gasteiger partial charge on any atom is -0.379 e. The lowest BCUT2D eigenvalue weighted by Crippen LogP contribution is -2.50. The Morgan fingerprint density at radius 2 is 2.15 bits per heavy atom. The summed E-state index contributed by atoms with van der Waals surface area (Å²) in [6, 6.07) is 3.12. The van der Waals surface area contributed by atoms with Crippen LogP contribution in [0.1, 0.15) is 18.7 Å². The molecule has 26 heavy (non-hydrogen) atoms. The second-order valence-electron chi connectivity index (χ2n) is 7.55. The molecule has 2 aliphatic rings. The van der Waals surface area contributed by atoms with E-state index in [1.54, 1.807) is 12.3 Å². The SMILES string of the molecule is Cn1ccnc1CN1CCC[C@@]2(COCCN(c3ncccc3F)C2)C1. The summed E-state index contributed by atoms with van der Waals surface area (Å²) in [5, 5.41) is 0. The van der Waals surface area contributed by atoms with Crippen LogP contribution in [0.3, 0.4) is 0 Å². The Balaban J connectivity index is 1.52. The van der Waals surface area contributed by atoms with Crippen LogP contribution in [0, 0.1) is 11.2 Å². The topological polar surface area (TPSA) is 46.4 Å². The van der Waals surface area contributed by atoms with Gasteiger partial charge >= 0.3 is 0 Å². The van der Waals surface area contributed by atoms with Crippen LogP contribution in [-0.4, -0.2) is 58.8 Å². The van der Waals surface area contributed by atoms with Gasteiger partial charge in [0.25, 0.3) is 0 Å². The number of pyridine rings is 1. The number of rotatable bonds is 3. The maximum Gasteiger partial charge on any atom is 0.165 e. The number of ether oxygens (including phenoxy) is 1. The van der Waals surface area contributed by atoms with Gasteiger partial charge < -0.3 is 14.2 Å². The Morgan fingerprint density at radius 3 is 2.96 bits per heavy atom. The van der Waals surface area contributed by atoms with E-state index in [4.69, 9.17) is 4.74 Å². The molecule has 140 valence electrons. The van der Waals surface area contributed by atoms with Crippen molar-refractivity contribution in [2.45, 2.75) is 19.4 Å². The molecule has 7 heteroatoms. The number of piperidine rings is 1. The van der Waals surface area contributed by atoms with Gasteiger partial charge in [-0.1, -0.05) is 0 Å². The number of likely N-dealkylation sites (tertiary alicyclic amines) is 1. The first-order valence-corrected chi connectivity index (χ1v) is 9.27. The van der Waals surface area contributed by atoms with Crippen LogP contribution < -0.4 is 4.90 Å². The third kappa shape index (κ3) is 3.59. The summed E-state index contributed by atoms with van der Waals surface area (Å²) in [7, 11) is 2.03. The average Bonchev–Trinajstić information content (AvgIpc) is 2.92. The molecular formula is C19H26FN5O. The average molecular weight is 359 g/mol. The standard InChI is InChI=1S/C19H26FN5O/c1-23-9-7-21-17(23)12-24-8-3-5-19(13-24)14-25(10-11-26-15-19)18-16(20)4-2-6-22-18/h2,4,6-7,9H,3,5,8,10-15H2,1H3/t19-/m1/s1. The lowest BCUT2D eigenvalue weighted by atomic mass is 9.80. The van der Waals surface area contributed by atoms with Gasteiger partial charge in [0.05, 0.1) is 19.8 Å². The Labute approximate surface area is 153 Å². The van der Waals surface area contributed by atoms with E-state index in [0.717, 1.165) is 51.5 Å². The number of aromatic nitrogens is 3. The number of halogens is 1. The minimum absolute atomic E-state index is 0.00384. The third-order valence-corrected chi connectivity index (χ3v) is 5.51. The van der Waals surface area contributed by atoms with Crippen molar-refractivity contribution in [3.63, 3.8) is 0 Å². The Kier molecular flexibility index (Phi) is 4.91. The first-order chi connectivity index (χ1) is 12.7. The Bertz CT molecular complexity index is 751. The van der Waals surface area contributed by atoms with E-state index in [-0.39, 0.29) is 11.2 Å². The molecule has 2 aromatic rings. The fraction of sp³-hybridized carbons (Fsp3) is 0.579. The molecule has 0 bridgehead atoms. The predicted octanol–water partition coefficient (Wildman–Crippen LogP) is 2.07. The molecule has 0 radical (unpaired) electrons. The zero-order valence-corrected chi connectivity index (χ0v) is 15.3. The zero-order chi connectivity index (χ0) is 18.0. The fourth-order valence-electron chi connectivity index (χ4n) is 4.22. The summed E-state index contributed by atoms with van der Waals surface area (Å²) in [6.07, 6.45) is 7.69. The first-order valence-electron chi connectivity index (χ1n) is 9.27. The van der Waals surface area contributed by atoms with Crippen LogP contribution in [-0.2, 0) is 18.3 Å². The highest BCUT2D eigenvalue weighted by atomic mass is 19.1. The highest BCUT2D eigenvalue weighted by molar-refractivity contribution is 5.40. The van der Waals surface area contributed by atoms with E-state index in [1.165, 1.54) is 6.07 Å². The van der Waals surface area contributed by atoms with E-state index in [0.29, 0.717) is 19.0 Å². The van der Waals surface area contributed by atoms with Crippen molar-refractivity contribution in [3.05, 3.63) is 42.4 Å². The van der Waals surface area contributed by atoms with Crippen molar-refractivity contribution in [2.24, 2.45) is 12.5 Å². The van der Waals surface area contributed by atoms with Crippen molar-refractivity contribution < 1.29 is 9.13 Å². The van der Waals surface area contributed by atoms with Crippen molar-refractivity contribution in [1.29, 1.82) is 0 Å². The second-order valence-corrected chi connectivity index (χ2v) is 7.55. The van der Waals surface area contributed by atoms with Crippen molar-refractivity contribution in [2.75, 3.05) is 44.3 Å². The molecule has 0 aliphatic carbocycles. The molecule has 2 saturated heterocycles. The van der Waals surface area contributed by atoms with Gasteiger partial charge in [0.15, 0.2) is 11.6 Å². The van der Waals surface area contributed by atoms with Gasteiger partial charge in [-0.05, 0) is 31.5 Å². The van der Waals surface area contributed by atoms with Gasteiger partial charge in [0, 0.05) is 50.7 Å². The number of anilines is 1. The molecule has 0 saturated carbocycles. The summed E-state index contributed by atoms with van der Waals surface area (Å²) in [4.78, 5) is 13.3. The molecular weight excluding hydrogens is 333 g/mol. The van der Waals surface area contributed by atoms with Gasteiger partial charge in [0.2, 0.25) is 0 Å². The van der Waals surface area contributed by atoms with Crippen LogP contribution >= 0.6 is 0 Å². The lowest BCUT2D eigenvalue weighted by Gasteiger charge is -2.43. The molecule has 0 aromatic carbocycles. The predicted molar refractivity (Wildman–Crippen MR) is 97.4 cm³/mol. The van der Waals surface area contributed by atoms with Crippen LogP contribution in [0.15, 0.2) is 30.7 Å². The fourth-order valence-corrected chi connectivity index (χ4v) is 4.22. The maximum atomic E-state index is 14.3. The van der Waals surface area contributed by atoms with Crippen LogP contribution in [0.2, 0.25) is 0 Å². The highest BCUT2D eigenvalue weighted by Gasteiger charge is 2.39. The molecule has 2 aliphatic heterocycles. The van der Waals surface area contributed by atoms with Crippen molar-refractivity contribution in [3.8, 4) is 0 Å². The molecule has 4 heterocycles. The summed E-state index contributed by atoms with van der Waals surface area (Å²) in [5.74, 6) is 1.26. The van der Waals surface area contributed by atoms with Gasteiger partial charge in [-0.3, -0.25) is 4.90 Å². The van der Waals surface area contributed by atoms with E-state index in [2.05, 4.69) is 24.3 Å². The van der Waals surface area contributed by atoms with E-state index in [9.17, 15) is 4.39 Å². The number of hydrogen-bond acceptors (Lipinski definition) is 5. The summed E-state index contributed by atoms with van der Waals surface area (Å²) < 4.78 is 22.3. The van der Waals surface area contributed by atoms with Gasteiger partial charge in [-0.2, -0.15) is 0 Å². The quantitative estimate of drug-likeness (QED) is 0.840. The van der Waals surface area contributed by atoms with Crippen LogP contribution in [0.5, 0.6) is 0 Å². The smallest absolute Gasteiger partial charge is 0.165 e. The second kappa shape index (κ2) is 7.32. The molecule has 1 spiro atoms. The van der Waals surface area contributed by atoms with Gasteiger partial charge in [-0.25, -0.2) is 14.4 Å². The monoisotopic (exact) mass is 359 g/mol. The largest absolute Gasteiger partial charge is 0.379 e. The molecule has 1 atom stereocenters. The number of nitrogens with zero attached hydrogens (tertiary/aromatic N) is 5. The maximum absolute atomic E-state index is 14.3. The van der Waals surface area contributed by atoms with Gasteiger partial charge in [0.1, 0.15) is 5.82 Å².